The molecule has 0 heterocycles. The highest BCUT2D eigenvalue weighted by atomic mass is 35.5. The fourth-order valence-electron chi connectivity index (χ4n) is 2.96. The number of carbonyl (C=O) groups is 2. The van der Waals surface area contributed by atoms with Crippen LogP contribution >= 0.6 is 11.6 Å². The first-order valence-corrected chi connectivity index (χ1v) is 8.42. The molecule has 0 radical (unpaired) electrons. The summed E-state index contributed by atoms with van der Waals surface area (Å²) in [6, 6.07) is 10.3. The topological polar surface area (TPSA) is 34.1 Å². The van der Waals surface area contributed by atoms with E-state index in [4.69, 9.17) is 11.6 Å². The smallest absolute Gasteiger partial charge is 0.173 e. The van der Waals surface area contributed by atoms with Gasteiger partial charge in [0.15, 0.2) is 5.78 Å². The molecule has 0 spiro atoms. The third-order valence-corrected chi connectivity index (χ3v) is 4.71. The van der Waals surface area contributed by atoms with Crippen LogP contribution in [0.1, 0.15) is 52.2 Å². The van der Waals surface area contributed by atoms with Gasteiger partial charge in [-0.25, -0.2) is 4.39 Å². The second kappa shape index (κ2) is 6.86. The average molecular weight is 345 g/mol. The molecule has 0 bridgehead atoms. The zero-order valence-corrected chi connectivity index (χ0v) is 14.2. The normalized spacial score (nSPS) is 13.8. The van der Waals surface area contributed by atoms with Crippen molar-refractivity contribution in [1.82, 2.24) is 0 Å². The van der Waals surface area contributed by atoms with Gasteiger partial charge in [0.05, 0.1) is 12.0 Å². The number of ketones is 2. The summed E-state index contributed by atoms with van der Waals surface area (Å²) in [5.41, 5.74) is 2.27. The summed E-state index contributed by atoms with van der Waals surface area (Å²) in [5.74, 6) is -0.834. The van der Waals surface area contributed by atoms with Gasteiger partial charge in [0.2, 0.25) is 0 Å². The molecule has 124 valence electrons. The Morgan fingerprint density at radius 2 is 1.92 bits per heavy atom. The fraction of sp³-hybridized carbons (Fsp3) is 0.300. The Morgan fingerprint density at radius 3 is 2.54 bits per heavy atom. The van der Waals surface area contributed by atoms with E-state index < -0.39 is 11.6 Å². The summed E-state index contributed by atoms with van der Waals surface area (Å²) in [6.45, 7) is 1.72. The molecular weight excluding hydrogens is 327 g/mol. The molecule has 2 aromatic carbocycles. The first-order chi connectivity index (χ1) is 11.5. The van der Waals surface area contributed by atoms with E-state index in [0.29, 0.717) is 22.1 Å². The van der Waals surface area contributed by atoms with E-state index in [0.717, 1.165) is 18.4 Å². The van der Waals surface area contributed by atoms with E-state index in [1.807, 2.05) is 6.07 Å². The molecule has 2 aromatic rings. The second-order valence-corrected chi connectivity index (χ2v) is 6.78. The quantitative estimate of drug-likeness (QED) is 0.543. The SMILES string of the molecule is Cc1cc(C2CC2)cc(F)c1C(=O)CC(=O)Cc1ccccc1Cl. The Labute approximate surface area is 145 Å². The zero-order valence-electron chi connectivity index (χ0n) is 13.4. The highest BCUT2D eigenvalue weighted by Gasteiger charge is 2.26. The predicted molar refractivity (Wildman–Crippen MR) is 92.2 cm³/mol. The summed E-state index contributed by atoms with van der Waals surface area (Å²) < 4.78 is 14.3. The lowest BCUT2D eigenvalue weighted by molar-refractivity contribution is -0.117. The van der Waals surface area contributed by atoms with Gasteiger partial charge in [0, 0.05) is 11.4 Å². The molecule has 0 aromatic heterocycles. The molecule has 1 saturated carbocycles. The minimum Gasteiger partial charge on any atom is -0.299 e. The Kier molecular flexibility index (Phi) is 4.81. The van der Waals surface area contributed by atoms with Crippen LogP contribution in [-0.2, 0) is 11.2 Å². The van der Waals surface area contributed by atoms with Gasteiger partial charge in [-0.1, -0.05) is 35.9 Å². The van der Waals surface area contributed by atoms with Crippen LogP contribution in [-0.4, -0.2) is 11.6 Å². The van der Waals surface area contributed by atoms with Crippen molar-refractivity contribution >= 4 is 23.2 Å². The van der Waals surface area contributed by atoms with Crippen molar-refractivity contribution in [3.63, 3.8) is 0 Å². The van der Waals surface area contributed by atoms with E-state index in [1.165, 1.54) is 6.07 Å². The molecule has 24 heavy (non-hydrogen) atoms. The van der Waals surface area contributed by atoms with Crippen LogP contribution in [0.3, 0.4) is 0 Å². The number of halogens is 2. The lowest BCUT2D eigenvalue weighted by Crippen LogP contribution is -2.14. The molecule has 2 nitrogen and oxygen atoms in total. The van der Waals surface area contributed by atoms with Crippen molar-refractivity contribution in [3.05, 3.63) is 69.5 Å². The van der Waals surface area contributed by atoms with E-state index in [2.05, 4.69) is 0 Å². The van der Waals surface area contributed by atoms with Crippen LogP contribution in [0.2, 0.25) is 5.02 Å². The molecule has 0 saturated heterocycles. The van der Waals surface area contributed by atoms with Crippen molar-refractivity contribution in [2.75, 3.05) is 0 Å². The number of aryl methyl sites for hydroxylation is 1. The molecule has 3 rings (SSSR count). The molecular formula is C20H18ClFO2. The minimum absolute atomic E-state index is 0.0342. The van der Waals surface area contributed by atoms with Crippen molar-refractivity contribution in [3.8, 4) is 0 Å². The van der Waals surface area contributed by atoms with Crippen LogP contribution in [0.15, 0.2) is 36.4 Å². The van der Waals surface area contributed by atoms with Gasteiger partial charge in [-0.3, -0.25) is 9.59 Å². The molecule has 0 unspecified atom stereocenters. The van der Waals surface area contributed by atoms with Crippen LogP contribution in [0, 0.1) is 12.7 Å². The van der Waals surface area contributed by atoms with Crippen LogP contribution in [0.5, 0.6) is 0 Å². The third-order valence-electron chi connectivity index (χ3n) is 4.34. The van der Waals surface area contributed by atoms with Crippen LogP contribution in [0.25, 0.3) is 0 Å². The van der Waals surface area contributed by atoms with Crippen molar-refractivity contribution in [2.45, 2.75) is 38.5 Å². The summed E-state index contributed by atoms with van der Waals surface area (Å²) in [6.07, 6.45) is 1.91. The highest BCUT2D eigenvalue weighted by molar-refractivity contribution is 6.31. The summed E-state index contributed by atoms with van der Waals surface area (Å²) in [5, 5.41) is 0.495. The number of rotatable bonds is 6. The summed E-state index contributed by atoms with van der Waals surface area (Å²) >= 11 is 6.03. The lowest BCUT2D eigenvalue weighted by atomic mass is 9.95. The van der Waals surface area contributed by atoms with Gasteiger partial charge >= 0.3 is 0 Å². The minimum atomic E-state index is -0.521. The first kappa shape index (κ1) is 16.8. The molecule has 1 fully saturated rings. The van der Waals surface area contributed by atoms with Gasteiger partial charge < -0.3 is 0 Å². The van der Waals surface area contributed by atoms with Gasteiger partial charge in [-0.15, -0.1) is 0 Å². The highest BCUT2D eigenvalue weighted by Crippen LogP contribution is 2.41. The number of hydrogen-bond acceptors (Lipinski definition) is 2. The van der Waals surface area contributed by atoms with E-state index >= 15 is 0 Å². The lowest BCUT2D eigenvalue weighted by Gasteiger charge is -2.09. The number of Topliss-reactive ketones (excluding diaryl/α,β-unsaturated/α-hetero) is 2. The third kappa shape index (κ3) is 3.73. The maximum absolute atomic E-state index is 14.3. The zero-order chi connectivity index (χ0) is 17.3. The first-order valence-electron chi connectivity index (χ1n) is 8.04. The molecule has 0 atom stereocenters. The molecule has 0 N–H and O–H groups in total. The van der Waals surface area contributed by atoms with Crippen LogP contribution < -0.4 is 0 Å². The van der Waals surface area contributed by atoms with E-state index in [9.17, 15) is 14.0 Å². The Bertz CT molecular complexity index is 786. The molecule has 0 aliphatic heterocycles. The standard InChI is InChI=1S/C20H18ClFO2/c1-12-8-15(13-6-7-13)10-18(22)20(12)19(24)11-16(23)9-14-4-2-3-5-17(14)21/h2-5,8,10,13H,6-7,9,11H2,1H3. The number of hydrogen-bond donors (Lipinski definition) is 0. The molecule has 0 amide bonds. The number of benzene rings is 2. The van der Waals surface area contributed by atoms with Gasteiger partial charge in [-0.2, -0.15) is 0 Å². The second-order valence-electron chi connectivity index (χ2n) is 6.38. The van der Waals surface area contributed by atoms with Crippen LogP contribution in [0.4, 0.5) is 4.39 Å². The molecule has 1 aliphatic rings. The van der Waals surface area contributed by atoms with E-state index in [-0.39, 0.29) is 24.2 Å². The maximum atomic E-state index is 14.3. The van der Waals surface area contributed by atoms with Gasteiger partial charge in [0.25, 0.3) is 0 Å². The largest absolute Gasteiger partial charge is 0.299 e. The monoisotopic (exact) mass is 344 g/mol. The van der Waals surface area contributed by atoms with Crippen molar-refractivity contribution < 1.29 is 14.0 Å². The van der Waals surface area contributed by atoms with Crippen molar-refractivity contribution in [1.29, 1.82) is 0 Å². The van der Waals surface area contributed by atoms with Crippen molar-refractivity contribution in [2.24, 2.45) is 0 Å². The number of carbonyl (C=O) groups excluding carboxylic acids is 2. The Hall–Kier alpha value is -2.00. The summed E-state index contributed by atoms with van der Waals surface area (Å²) in [4.78, 5) is 24.5. The Balaban J connectivity index is 1.73. The molecule has 4 heteroatoms. The van der Waals surface area contributed by atoms with Gasteiger partial charge in [0.1, 0.15) is 11.6 Å². The van der Waals surface area contributed by atoms with Gasteiger partial charge in [-0.05, 0) is 54.5 Å². The maximum Gasteiger partial charge on any atom is 0.173 e. The molecule has 1 aliphatic carbocycles. The Morgan fingerprint density at radius 1 is 1.21 bits per heavy atom. The fourth-order valence-corrected chi connectivity index (χ4v) is 3.16. The van der Waals surface area contributed by atoms with E-state index in [1.54, 1.807) is 31.2 Å². The average Bonchev–Trinajstić information content (AvgIpc) is 3.33. The summed E-state index contributed by atoms with van der Waals surface area (Å²) in [7, 11) is 0. The predicted octanol–water partition coefficient (Wildman–Crippen LogP) is 5.05.